The third-order valence-corrected chi connectivity index (χ3v) is 7.35. The Labute approximate surface area is 237 Å². The van der Waals surface area contributed by atoms with E-state index >= 15 is 0 Å². The molecule has 10 heteroatoms. The van der Waals surface area contributed by atoms with Crippen molar-refractivity contribution in [1.82, 2.24) is 14.9 Å². The molecule has 40 heavy (non-hydrogen) atoms. The molecule has 1 aliphatic rings. The Morgan fingerprint density at radius 1 is 1.07 bits per heavy atom. The van der Waals surface area contributed by atoms with Crippen LogP contribution in [0.5, 0.6) is 5.75 Å². The molecule has 0 bridgehead atoms. The number of benzene rings is 2. The van der Waals surface area contributed by atoms with Crippen LogP contribution < -0.4 is 20.3 Å². The SMILES string of the molecule is COc1ccc(N2C(=S)NC(c3ccccn3)C2c2cc(C)n(-c3ccccc3C(=O)O)c2C)cc1NC(C)=O. The fourth-order valence-corrected chi connectivity index (χ4v) is 5.74. The largest absolute Gasteiger partial charge is 0.495 e. The van der Waals surface area contributed by atoms with Gasteiger partial charge in [0.1, 0.15) is 5.75 Å². The van der Waals surface area contributed by atoms with E-state index in [9.17, 15) is 14.7 Å². The molecule has 1 saturated heterocycles. The first-order valence-electron chi connectivity index (χ1n) is 12.7. The molecule has 0 saturated carbocycles. The van der Waals surface area contributed by atoms with Gasteiger partial charge in [0.05, 0.1) is 41.8 Å². The van der Waals surface area contributed by atoms with Gasteiger partial charge in [0.15, 0.2) is 5.11 Å². The molecule has 204 valence electrons. The van der Waals surface area contributed by atoms with Gasteiger partial charge >= 0.3 is 5.97 Å². The Kier molecular flexibility index (Phi) is 7.27. The number of thiocarbonyl (C=S) groups is 1. The molecule has 3 heterocycles. The average molecular weight is 556 g/mol. The monoisotopic (exact) mass is 555 g/mol. The maximum Gasteiger partial charge on any atom is 0.337 e. The number of hydrogen-bond donors (Lipinski definition) is 3. The lowest BCUT2D eigenvalue weighted by atomic mass is 9.96. The lowest BCUT2D eigenvalue weighted by Gasteiger charge is -2.29. The summed E-state index contributed by atoms with van der Waals surface area (Å²) < 4.78 is 7.43. The molecule has 1 fully saturated rings. The highest BCUT2D eigenvalue weighted by atomic mass is 32.1. The number of hydrogen-bond acceptors (Lipinski definition) is 5. The summed E-state index contributed by atoms with van der Waals surface area (Å²) in [6, 6.07) is 19.7. The first kappa shape index (κ1) is 26.9. The molecule has 4 aromatic rings. The van der Waals surface area contributed by atoms with Gasteiger partial charge in [0, 0.05) is 30.2 Å². The normalized spacial score (nSPS) is 16.5. The summed E-state index contributed by atoms with van der Waals surface area (Å²) in [6.45, 7) is 5.38. The lowest BCUT2D eigenvalue weighted by Crippen LogP contribution is -2.29. The fraction of sp³-hybridized carbons (Fsp3) is 0.200. The van der Waals surface area contributed by atoms with Gasteiger partial charge in [-0.05, 0) is 80.2 Å². The molecule has 0 aliphatic carbocycles. The summed E-state index contributed by atoms with van der Waals surface area (Å²) in [5.74, 6) is -0.690. The molecule has 2 aromatic carbocycles. The van der Waals surface area contributed by atoms with E-state index in [2.05, 4.69) is 21.7 Å². The maximum absolute atomic E-state index is 12.1. The second-order valence-electron chi connectivity index (χ2n) is 9.55. The number of carboxylic acids is 1. The Morgan fingerprint density at radius 3 is 2.50 bits per heavy atom. The number of amides is 1. The van der Waals surface area contributed by atoms with Crippen LogP contribution >= 0.6 is 12.2 Å². The number of nitrogens with one attached hydrogen (secondary N) is 2. The quantitative estimate of drug-likeness (QED) is 0.263. The number of nitrogens with zero attached hydrogens (tertiary/aromatic N) is 3. The van der Waals surface area contributed by atoms with Crippen LogP contribution in [-0.2, 0) is 4.79 Å². The highest BCUT2D eigenvalue weighted by molar-refractivity contribution is 7.80. The number of carboxylic acid groups (broad SMARTS) is 1. The molecular weight excluding hydrogens is 526 g/mol. The third kappa shape index (κ3) is 4.77. The van der Waals surface area contributed by atoms with Crippen LogP contribution in [-0.4, -0.2) is 38.8 Å². The van der Waals surface area contributed by atoms with Crippen molar-refractivity contribution in [3.63, 3.8) is 0 Å². The number of rotatable bonds is 7. The van der Waals surface area contributed by atoms with Gasteiger partial charge in [-0.2, -0.15) is 0 Å². The van der Waals surface area contributed by atoms with Crippen molar-refractivity contribution in [1.29, 1.82) is 0 Å². The minimum absolute atomic E-state index is 0.212. The number of anilines is 2. The molecule has 5 rings (SSSR count). The molecule has 9 nitrogen and oxygen atoms in total. The smallest absolute Gasteiger partial charge is 0.337 e. The number of para-hydroxylation sites is 1. The van der Waals surface area contributed by atoms with E-state index < -0.39 is 5.97 Å². The number of carbonyl (C=O) groups is 2. The Hall–Kier alpha value is -4.70. The van der Waals surface area contributed by atoms with Crippen LogP contribution in [0.25, 0.3) is 5.69 Å². The van der Waals surface area contributed by atoms with Crippen LogP contribution in [0.2, 0.25) is 0 Å². The topological polar surface area (TPSA) is 109 Å². The van der Waals surface area contributed by atoms with E-state index in [0.717, 1.165) is 28.3 Å². The third-order valence-electron chi connectivity index (χ3n) is 7.03. The maximum atomic E-state index is 12.1. The molecule has 2 aromatic heterocycles. The lowest BCUT2D eigenvalue weighted by molar-refractivity contribution is -0.114. The summed E-state index contributed by atoms with van der Waals surface area (Å²) in [6.07, 6.45) is 1.74. The van der Waals surface area contributed by atoms with E-state index in [4.69, 9.17) is 17.0 Å². The molecular formula is C30H29N5O4S. The molecule has 1 amide bonds. The predicted octanol–water partition coefficient (Wildman–Crippen LogP) is 5.33. The number of methoxy groups -OCH3 is 1. The summed E-state index contributed by atoms with van der Waals surface area (Å²) in [5, 5.41) is 16.7. The number of carbonyl (C=O) groups excluding carboxylic acids is 1. The molecule has 2 unspecified atom stereocenters. The number of ether oxygens (including phenoxy) is 1. The second-order valence-corrected chi connectivity index (χ2v) is 9.93. The first-order chi connectivity index (χ1) is 19.2. The van der Waals surface area contributed by atoms with Gasteiger partial charge in [-0.3, -0.25) is 9.78 Å². The van der Waals surface area contributed by atoms with Gasteiger partial charge in [-0.1, -0.05) is 18.2 Å². The van der Waals surface area contributed by atoms with Crippen LogP contribution in [0.4, 0.5) is 11.4 Å². The van der Waals surface area contributed by atoms with Gasteiger partial charge in [0.2, 0.25) is 5.91 Å². The van der Waals surface area contributed by atoms with E-state index in [1.165, 1.54) is 6.92 Å². The molecule has 2 atom stereocenters. The molecule has 1 aliphatic heterocycles. The van der Waals surface area contributed by atoms with Crippen LogP contribution in [0.3, 0.4) is 0 Å². The van der Waals surface area contributed by atoms with Crippen molar-refractivity contribution in [2.24, 2.45) is 0 Å². The Balaban J connectivity index is 1.70. The van der Waals surface area contributed by atoms with Crippen LogP contribution in [0.15, 0.2) is 72.9 Å². The van der Waals surface area contributed by atoms with Crippen molar-refractivity contribution < 1.29 is 19.4 Å². The van der Waals surface area contributed by atoms with Gasteiger partial charge in [-0.25, -0.2) is 4.79 Å². The predicted molar refractivity (Wildman–Crippen MR) is 157 cm³/mol. The summed E-state index contributed by atoms with van der Waals surface area (Å²) in [5.41, 5.74) is 5.60. The highest BCUT2D eigenvalue weighted by Crippen LogP contribution is 2.45. The van der Waals surface area contributed by atoms with Crippen molar-refractivity contribution in [2.75, 3.05) is 17.3 Å². The Morgan fingerprint density at radius 2 is 1.82 bits per heavy atom. The average Bonchev–Trinajstić information content (AvgIpc) is 3.43. The molecule has 0 radical (unpaired) electrons. The van der Waals surface area contributed by atoms with Crippen molar-refractivity contribution in [3.8, 4) is 11.4 Å². The zero-order valence-corrected chi connectivity index (χ0v) is 23.3. The summed E-state index contributed by atoms with van der Waals surface area (Å²) in [7, 11) is 1.55. The van der Waals surface area contributed by atoms with Gasteiger partial charge < -0.3 is 29.9 Å². The second kappa shape index (κ2) is 10.8. The minimum atomic E-state index is -0.995. The minimum Gasteiger partial charge on any atom is -0.495 e. The van der Waals surface area contributed by atoms with Crippen LogP contribution in [0, 0.1) is 13.8 Å². The summed E-state index contributed by atoms with van der Waals surface area (Å²) in [4.78, 5) is 30.6. The van der Waals surface area contributed by atoms with E-state index in [1.54, 1.807) is 31.5 Å². The van der Waals surface area contributed by atoms with Crippen molar-refractivity contribution >= 4 is 40.6 Å². The van der Waals surface area contributed by atoms with Gasteiger partial charge in [0.25, 0.3) is 0 Å². The zero-order chi connectivity index (χ0) is 28.6. The van der Waals surface area contributed by atoms with E-state index in [1.807, 2.05) is 65.8 Å². The molecule has 0 spiro atoms. The van der Waals surface area contributed by atoms with Crippen molar-refractivity contribution in [2.45, 2.75) is 32.9 Å². The van der Waals surface area contributed by atoms with Crippen molar-refractivity contribution in [3.05, 3.63) is 101 Å². The number of aromatic nitrogens is 2. The highest BCUT2D eigenvalue weighted by Gasteiger charge is 2.42. The van der Waals surface area contributed by atoms with Gasteiger partial charge in [-0.15, -0.1) is 0 Å². The number of pyridine rings is 1. The standard InChI is InChI=1S/C30H29N5O4S/c1-17-15-22(18(2)34(17)25-11-6-5-9-21(25)29(37)38)28-27(23-10-7-8-14-31-23)33-30(40)35(28)20-12-13-26(39-4)24(16-20)32-19(3)36/h5-16,27-28H,1-4H3,(H,32,36)(H,33,40)(H,37,38). The number of aromatic carboxylic acids is 1. The molecule has 3 N–H and O–H groups in total. The number of aryl methyl sites for hydroxylation is 1. The van der Waals surface area contributed by atoms with Crippen LogP contribution in [0.1, 0.15) is 52.0 Å². The van der Waals surface area contributed by atoms with E-state index in [-0.39, 0.29) is 23.6 Å². The zero-order valence-electron chi connectivity index (χ0n) is 22.5. The van der Waals surface area contributed by atoms with E-state index in [0.29, 0.717) is 22.2 Å². The fourth-order valence-electron chi connectivity index (χ4n) is 5.39. The first-order valence-corrected chi connectivity index (χ1v) is 13.1. The Bertz CT molecular complexity index is 1620. The summed E-state index contributed by atoms with van der Waals surface area (Å²) >= 11 is 5.88.